The van der Waals surface area contributed by atoms with E-state index in [0.29, 0.717) is 22.8 Å². The Bertz CT molecular complexity index is 676. The number of ether oxygens (including phenoxy) is 3. The Labute approximate surface area is 146 Å². The Hall–Kier alpha value is -2.37. The summed E-state index contributed by atoms with van der Waals surface area (Å²) < 4.78 is 16.1. The van der Waals surface area contributed by atoms with Crippen molar-refractivity contribution in [1.29, 1.82) is 0 Å². The van der Waals surface area contributed by atoms with E-state index in [1.165, 1.54) is 21.3 Å². The second kappa shape index (κ2) is 6.86. The lowest BCUT2D eigenvalue weighted by Gasteiger charge is -2.28. The van der Waals surface area contributed by atoms with E-state index in [1.807, 2.05) is 0 Å². The first-order valence-corrected chi connectivity index (χ1v) is 8.39. The first kappa shape index (κ1) is 17.5. The molecule has 1 aromatic carbocycles. The number of hydrogen-bond acceptors (Lipinski definition) is 6. The van der Waals surface area contributed by atoms with Crippen LogP contribution in [0.2, 0.25) is 0 Å². The molecule has 0 atom stereocenters. The average molecular weight is 346 g/mol. The van der Waals surface area contributed by atoms with Gasteiger partial charge in [0.15, 0.2) is 17.3 Å². The van der Waals surface area contributed by atoms with Crippen LogP contribution in [0.4, 0.5) is 0 Å². The van der Waals surface area contributed by atoms with Gasteiger partial charge < -0.3 is 14.2 Å². The van der Waals surface area contributed by atoms with E-state index in [4.69, 9.17) is 14.2 Å². The standard InChI is InChI=1S/C19H22O6/c1-23-12-8-15(24-2)17(16(9-12)25-3)11-6-13(20)18(14(21)7-11)19(22)10-4-5-10/h8-11,18H,4-7H2,1-3H3. The lowest BCUT2D eigenvalue weighted by atomic mass is 9.74. The molecule has 3 rings (SSSR count). The van der Waals surface area contributed by atoms with Gasteiger partial charge in [-0.2, -0.15) is 0 Å². The molecule has 25 heavy (non-hydrogen) atoms. The minimum absolute atomic E-state index is 0.0977. The molecular formula is C19H22O6. The third-order valence-corrected chi connectivity index (χ3v) is 4.96. The molecule has 2 aliphatic rings. The quantitative estimate of drug-likeness (QED) is 0.736. The summed E-state index contributed by atoms with van der Waals surface area (Å²) in [6.45, 7) is 0. The summed E-state index contributed by atoms with van der Waals surface area (Å²) >= 11 is 0. The minimum atomic E-state index is -1.07. The van der Waals surface area contributed by atoms with Gasteiger partial charge in [0.25, 0.3) is 0 Å². The van der Waals surface area contributed by atoms with Crippen molar-refractivity contribution in [3.63, 3.8) is 0 Å². The third-order valence-electron chi connectivity index (χ3n) is 4.96. The van der Waals surface area contributed by atoms with Gasteiger partial charge in [0.05, 0.1) is 21.3 Å². The van der Waals surface area contributed by atoms with E-state index in [-0.39, 0.29) is 42.0 Å². The van der Waals surface area contributed by atoms with E-state index >= 15 is 0 Å². The first-order chi connectivity index (χ1) is 12.0. The fourth-order valence-electron chi connectivity index (χ4n) is 3.53. The number of benzene rings is 1. The van der Waals surface area contributed by atoms with Crippen molar-refractivity contribution in [1.82, 2.24) is 0 Å². The number of ketones is 3. The number of methoxy groups -OCH3 is 3. The smallest absolute Gasteiger partial charge is 0.153 e. The summed E-state index contributed by atoms with van der Waals surface area (Å²) in [5.74, 6) is -0.731. The fraction of sp³-hybridized carbons (Fsp3) is 0.526. The predicted octanol–water partition coefficient (Wildman–Crippen LogP) is 2.32. The molecule has 0 bridgehead atoms. The highest BCUT2D eigenvalue weighted by Crippen LogP contribution is 2.45. The molecule has 0 aromatic heterocycles. The normalized spacial score (nSPS) is 23.3. The maximum absolute atomic E-state index is 12.5. The molecule has 2 fully saturated rings. The summed E-state index contributed by atoms with van der Waals surface area (Å²) in [6.07, 6.45) is 1.85. The molecule has 0 aliphatic heterocycles. The molecule has 0 saturated heterocycles. The van der Waals surface area contributed by atoms with Crippen LogP contribution in [0.3, 0.4) is 0 Å². The van der Waals surface area contributed by atoms with Crippen molar-refractivity contribution in [3.8, 4) is 17.2 Å². The zero-order valence-corrected chi connectivity index (χ0v) is 14.7. The molecule has 6 nitrogen and oxygen atoms in total. The number of hydrogen-bond donors (Lipinski definition) is 0. The second-order valence-corrected chi connectivity index (χ2v) is 6.59. The Morgan fingerprint density at radius 3 is 1.84 bits per heavy atom. The molecule has 2 saturated carbocycles. The molecule has 6 heteroatoms. The highest BCUT2D eigenvalue weighted by molar-refractivity contribution is 6.21. The van der Waals surface area contributed by atoms with Crippen molar-refractivity contribution >= 4 is 17.3 Å². The molecule has 0 amide bonds. The van der Waals surface area contributed by atoms with E-state index in [2.05, 4.69) is 0 Å². The molecular weight excluding hydrogens is 324 g/mol. The maximum Gasteiger partial charge on any atom is 0.153 e. The average Bonchev–Trinajstić information content (AvgIpc) is 3.44. The Morgan fingerprint density at radius 1 is 0.920 bits per heavy atom. The summed E-state index contributed by atoms with van der Waals surface area (Å²) in [6, 6.07) is 3.41. The number of Topliss-reactive ketones (excluding diaryl/α,β-unsaturated/α-hetero) is 3. The van der Waals surface area contributed by atoms with Crippen molar-refractivity contribution in [2.24, 2.45) is 11.8 Å². The highest BCUT2D eigenvalue weighted by Gasteiger charge is 2.46. The molecule has 0 radical (unpaired) electrons. The number of rotatable bonds is 6. The van der Waals surface area contributed by atoms with Crippen LogP contribution in [0.1, 0.15) is 37.2 Å². The van der Waals surface area contributed by atoms with Crippen molar-refractivity contribution in [3.05, 3.63) is 17.7 Å². The van der Waals surface area contributed by atoms with Crippen LogP contribution >= 0.6 is 0 Å². The van der Waals surface area contributed by atoms with Crippen molar-refractivity contribution in [2.45, 2.75) is 31.6 Å². The van der Waals surface area contributed by atoms with Crippen LogP contribution in [0, 0.1) is 11.8 Å². The van der Waals surface area contributed by atoms with Gasteiger partial charge in [-0.15, -0.1) is 0 Å². The van der Waals surface area contributed by atoms with E-state index in [1.54, 1.807) is 12.1 Å². The van der Waals surface area contributed by atoms with Gasteiger partial charge >= 0.3 is 0 Å². The monoisotopic (exact) mass is 346 g/mol. The zero-order valence-electron chi connectivity index (χ0n) is 14.7. The van der Waals surface area contributed by atoms with Crippen molar-refractivity contribution in [2.75, 3.05) is 21.3 Å². The van der Waals surface area contributed by atoms with Gasteiger partial charge in [0, 0.05) is 42.4 Å². The molecule has 1 aromatic rings. The van der Waals surface area contributed by atoms with Crippen LogP contribution in [-0.4, -0.2) is 38.7 Å². The maximum atomic E-state index is 12.5. The summed E-state index contributed by atoms with van der Waals surface area (Å²) in [7, 11) is 4.57. The van der Waals surface area contributed by atoms with E-state index in [9.17, 15) is 14.4 Å². The predicted molar refractivity (Wildman–Crippen MR) is 89.3 cm³/mol. The Balaban J connectivity index is 1.91. The van der Waals surface area contributed by atoms with Gasteiger partial charge in [-0.1, -0.05) is 0 Å². The fourth-order valence-corrected chi connectivity index (χ4v) is 3.53. The largest absolute Gasteiger partial charge is 0.496 e. The van der Waals surface area contributed by atoms with E-state index < -0.39 is 5.92 Å². The molecule has 0 spiro atoms. The number of carbonyl (C=O) groups is 3. The topological polar surface area (TPSA) is 78.9 Å². The van der Waals surface area contributed by atoms with Crippen LogP contribution in [0.25, 0.3) is 0 Å². The van der Waals surface area contributed by atoms with E-state index in [0.717, 1.165) is 12.8 Å². The van der Waals surface area contributed by atoms with Gasteiger partial charge in [-0.05, 0) is 12.8 Å². The van der Waals surface area contributed by atoms with Gasteiger partial charge in [-0.3, -0.25) is 14.4 Å². The third kappa shape index (κ3) is 3.25. The molecule has 2 aliphatic carbocycles. The van der Waals surface area contributed by atoms with Gasteiger partial charge in [0.1, 0.15) is 23.2 Å². The SMILES string of the molecule is COc1cc(OC)c(C2CC(=O)C(C(=O)C3CC3)C(=O)C2)c(OC)c1. The molecule has 0 heterocycles. The molecule has 0 unspecified atom stereocenters. The lowest BCUT2D eigenvalue weighted by molar-refractivity contribution is -0.143. The molecule has 134 valence electrons. The minimum Gasteiger partial charge on any atom is -0.496 e. The Morgan fingerprint density at radius 2 is 1.44 bits per heavy atom. The molecule has 0 N–H and O–H groups in total. The number of carbonyl (C=O) groups excluding carboxylic acids is 3. The zero-order chi connectivity index (χ0) is 18.1. The second-order valence-electron chi connectivity index (χ2n) is 6.59. The first-order valence-electron chi connectivity index (χ1n) is 8.39. The Kier molecular flexibility index (Phi) is 4.79. The van der Waals surface area contributed by atoms with Crippen LogP contribution in [0.5, 0.6) is 17.2 Å². The summed E-state index contributed by atoms with van der Waals surface area (Å²) in [5, 5.41) is 0. The van der Waals surface area contributed by atoms with Crippen LogP contribution in [-0.2, 0) is 14.4 Å². The van der Waals surface area contributed by atoms with Gasteiger partial charge in [0.2, 0.25) is 0 Å². The summed E-state index contributed by atoms with van der Waals surface area (Å²) in [5.41, 5.74) is 0.671. The van der Waals surface area contributed by atoms with Gasteiger partial charge in [-0.25, -0.2) is 0 Å². The lowest BCUT2D eigenvalue weighted by Crippen LogP contribution is -2.38. The van der Waals surface area contributed by atoms with Crippen LogP contribution in [0.15, 0.2) is 12.1 Å². The van der Waals surface area contributed by atoms with Crippen molar-refractivity contribution < 1.29 is 28.6 Å². The highest BCUT2D eigenvalue weighted by atomic mass is 16.5. The summed E-state index contributed by atoms with van der Waals surface area (Å²) in [4.78, 5) is 37.3. The van der Waals surface area contributed by atoms with Crippen LogP contribution < -0.4 is 14.2 Å².